The van der Waals surface area contributed by atoms with Gasteiger partial charge in [-0.05, 0) is 26.7 Å². The first-order valence-corrected chi connectivity index (χ1v) is 4.90. The molecule has 13 heavy (non-hydrogen) atoms. The Morgan fingerprint density at radius 2 is 1.92 bits per heavy atom. The van der Waals surface area contributed by atoms with E-state index in [-0.39, 0.29) is 17.5 Å². The van der Waals surface area contributed by atoms with Crippen LogP contribution in [0.4, 0.5) is 0 Å². The lowest BCUT2D eigenvalue weighted by Crippen LogP contribution is -2.51. The second-order valence-corrected chi connectivity index (χ2v) is 4.08. The molecule has 3 nitrogen and oxygen atoms in total. The van der Waals surface area contributed by atoms with Crippen LogP contribution in [0.2, 0.25) is 0 Å². The van der Waals surface area contributed by atoms with Gasteiger partial charge in [0.05, 0.1) is 6.04 Å². The first-order chi connectivity index (χ1) is 5.86. The highest BCUT2D eigenvalue weighted by Crippen LogP contribution is 2.17. The van der Waals surface area contributed by atoms with E-state index in [2.05, 4.69) is 6.92 Å². The molecule has 0 bridgehead atoms. The molecule has 1 amide bonds. The van der Waals surface area contributed by atoms with Crippen molar-refractivity contribution in [2.24, 2.45) is 5.73 Å². The van der Waals surface area contributed by atoms with E-state index in [4.69, 9.17) is 5.73 Å². The number of nitrogens with two attached hydrogens (primary N) is 1. The zero-order valence-corrected chi connectivity index (χ0v) is 9.42. The van der Waals surface area contributed by atoms with Gasteiger partial charge in [-0.3, -0.25) is 4.79 Å². The van der Waals surface area contributed by atoms with E-state index in [1.807, 2.05) is 27.8 Å². The lowest BCUT2D eigenvalue weighted by atomic mass is 9.99. The number of amides is 1. The Labute approximate surface area is 81.3 Å². The maximum absolute atomic E-state index is 11.7. The number of carbonyl (C=O) groups is 1. The molecular weight excluding hydrogens is 164 g/mol. The molecule has 0 rings (SSSR count). The summed E-state index contributed by atoms with van der Waals surface area (Å²) in [6.07, 6.45) is 1.63. The zero-order chi connectivity index (χ0) is 10.6. The molecule has 0 aromatic carbocycles. The summed E-state index contributed by atoms with van der Waals surface area (Å²) >= 11 is 0. The van der Waals surface area contributed by atoms with Crippen LogP contribution in [0.3, 0.4) is 0 Å². The third-order valence-corrected chi connectivity index (χ3v) is 2.86. The van der Waals surface area contributed by atoms with Crippen LogP contribution < -0.4 is 5.73 Å². The molecule has 0 saturated heterocycles. The molecule has 0 radical (unpaired) electrons. The van der Waals surface area contributed by atoms with Crippen molar-refractivity contribution in [1.82, 2.24) is 4.90 Å². The van der Waals surface area contributed by atoms with Crippen molar-refractivity contribution in [1.29, 1.82) is 0 Å². The standard InChI is InChI=1S/C10H22N2O/c1-6-8(11)9(13)12(5)10(3,4)7-2/h8H,6-7,11H2,1-5H3/t8-/m1/s1. The Bertz CT molecular complexity index is 178. The molecule has 2 N–H and O–H groups in total. The zero-order valence-electron chi connectivity index (χ0n) is 9.42. The van der Waals surface area contributed by atoms with E-state index in [1.165, 1.54) is 0 Å². The molecule has 0 aromatic heterocycles. The minimum absolute atomic E-state index is 0.0364. The van der Waals surface area contributed by atoms with Gasteiger partial charge in [-0.1, -0.05) is 13.8 Å². The van der Waals surface area contributed by atoms with Crippen LogP contribution in [0.15, 0.2) is 0 Å². The summed E-state index contributed by atoms with van der Waals surface area (Å²) in [7, 11) is 1.82. The average molecular weight is 186 g/mol. The van der Waals surface area contributed by atoms with Crippen LogP contribution in [0.5, 0.6) is 0 Å². The van der Waals surface area contributed by atoms with Gasteiger partial charge in [-0.25, -0.2) is 0 Å². The number of likely N-dealkylation sites (N-methyl/N-ethyl adjacent to an activating group) is 1. The summed E-state index contributed by atoms with van der Waals surface area (Å²) in [6.45, 7) is 8.09. The molecule has 0 saturated carbocycles. The smallest absolute Gasteiger partial charge is 0.239 e. The predicted molar refractivity (Wildman–Crippen MR) is 55.4 cm³/mol. The summed E-state index contributed by atoms with van der Waals surface area (Å²) in [5.74, 6) is 0.0364. The fourth-order valence-electron chi connectivity index (χ4n) is 0.959. The Hall–Kier alpha value is -0.570. The highest BCUT2D eigenvalue weighted by molar-refractivity contribution is 5.81. The van der Waals surface area contributed by atoms with Crippen LogP contribution in [0.25, 0.3) is 0 Å². The minimum Gasteiger partial charge on any atom is -0.339 e. The van der Waals surface area contributed by atoms with E-state index >= 15 is 0 Å². The third-order valence-electron chi connectivity index (χ3n) is 2.86. The van der Waals surface area contributed by atoms with Gasteiger partial charge in [0, 0.05) is 12.6 Å². The topological polar surface area (TPSA) is 46.3 Å². The van der Waals surface area contributed by atoms with Crippen molar-refractivity contribution in [2.45, 2.75) is 52.1 Å². The van der Waals surface area contributed by atoms with Gasteiger partial charge in [0.15, 0.2) is 0 Å². The maximum Gasteiger partial charge on any atom is 0.239 e. The van der Waals surface area contributed by atoms with E-state index in [0.717, 1.165) is 6.42 Å². The van der Waals surface area contributed by atoms with E-state index < -0.39 is 0 Å². The van der Waals surface area contributed by atoms with Crippen molar-refractivity contribution >= 4 is 5.91 Å². The first-order valence-electron chi connectivity index (χ1n) is 4.90. The number of nitrogens with zero attached hydrogens (tertiary/aromatic N) is 1. The summed E-state index contributed by atoms with van der Waals surface area (Å²) in [4.78, 5) is 13.4. The molecular formula is C10H22N2O. The van der Waals surface area contributed by atoms with Gasteiger partial charge in [-0.15, -0.1) is 0 Å². The molecule has 1 atom stereocenters. The highest BCUT2D eigenvalue weighted by Gasteiger charge is 2.27. The van der Waals surface area contributed by atoms with Crippen LogP contribution in [-0.2, 0) is 4.79 Å². The number of rotatable bonds is 4. The van der Waals surface area contributed by atoms with Crippen molar-refractivity contribution in [3.8, 4) is 0 Å². The highest BCUT2D eigenvalue weighted by atomic mass is 16.2. The van der Waals surface area contributed by atoms with Crippen LogP contribution in [-0.4, -0.2) is 29.4 Å². The summed E-state index contributed by atoms with van der Waals surface area (Å²) in [5, 5.41) is 0. The average Bonchev–Trinajstić information content (AvgIpc) is 2.14. The second kappa shape index (κ2) is 4.61. The monoisotopic (exact) mass is 186 g/mol. The molecule has 0 heterocycles. The maximum atomic E-state index is 11.7. The molecule has 0 fully saturated rings. The van der Waals surface area contributed by atoms with Gasteiger partial charge < -0.3 is 10.6 Å². The van der Waals surface area contributed by atoms with Crippen LogP contribution >= 0.6 is 0 Å². The van der Waals surface area contributed by atoms with Crippen molar-refractivity contribution in [3.63, 3.8) is 0 Å². The molecule has 0 spiro atoms. The summed E-state index contributed by atoms with van der Waals surface area (Å²) < 4.78 is 0. The fraction of sp³-hybridized carbons (Fsp3) is 0.900. The molecule has 0 aliphatic rings. The Balaban J connectivity index is 4.42. The van der Waals surface area contributed by atoms with Crippen molar-refractivity contribution in [3.05, 3.63) is 0 Å². The van der Waals surface area contributed by atoms with Crippen LogP contribution in [0, 0.1) is 0 Å². The SMILES string of the molecule is CC[C@@H](N)C(=O)N(C)C(C)(C)CC. The predicted octanol–water partition coefficient (Wildman–Crippen LogP) is 1.37. The van der Waals surface area contributed by atoms with E-state index in [9.17, 15) is 4.79 Å². The lowest BCUT2D eigenvalue weighted by Gasteiger charge is -2.36. The Morgan fingerprint density at radius 3 is 2.23 bits per heavy atom. The molecule has 0 aromatic rings. The summed E-state index contributed by atoms with van der Waals surface area (Å²) in [5.41, 5.74) is 5.58. The molecule has 0 aliphatic carbocycles. The van der Waals surface area contributed by atoms with Crippen LogP contribution in [0.1, 0.15) is 40.5 Å². The van der Waals surface area contributed by atoms with Crippen molar-refractivity contribution < 1.29 is 4.79 Å². The number of carbonyl (C=O) groups excluding carboxylic acids is 1. The van der Waals surface area contributed by atoms with E-state index in [1.54, 1.807) is 4.90 Å². The van der Waals surface area contributed by atoms with Gasteiger partial charge in [0.1, 0.15) is 0 Å². The number of hydrogen-bond donors (Lipinski definition) is 1. The Kier molecular flexibility index (Phi) is 4.40. The quantitative estimate of drug-likeness (QED) is 0.720. The number of hydrogen-bond acceptors (Lipinski definition) is 2. The lowest BCUT2D eigenvalue weighted by molar-refractivity contribution is -0.136. The van der Waals surface area contributed by atoms with Gasteiger partial charge in [0.2, 0.25) is 5.91 Å². The first kappa shape index (κ1) is 12.4. The summed E-state index contributed by atoms with van der Waals surface area (Å²) in [6, 6.07) is -0.351. The van der Waals surface area contributed by atoms with E-state index in [0.29, 0.717) is 6.42 Å². The molecule has 0 unspecified atom stereocenters. The van der Waals surface area contributed by atoms with Gasteiger partial charge in [0.25, 0.3) is 0 Å². The minimum atomic E-state index is -0.351. The third kappa shape index (κ3) is 2.99. The normalized spacial score (nSPS) is 14.0. The van der Waals surface area contributed by atoms with Gasteiger partial charge >= 0.3 is 0 Å². The second-order valence-electron chi connectivity index (χ2n) is 4.08. The van der Waals surface area contributed by atoms with Crippen molar-refractivity contribution in [2.75, 3.05) is 7.05 Å². The Morgan fingerprint density at radius 1 is 1.46 bits per heavy atom. The molecule has 0 aliphatic heterocycles. The van der Waals surface area contributed by atoms with Gasteiger partial charge in [-0.2, -0.15) is 0 Å². The molecule has 78 valence electrons. The largest absolute Gasteiger partial charge is 0.339 e. The molecule has 3 heteroatoms. The fourth-order valence-corrected chi connectivity index (χ4v) is 0.959.